The molecule has 0 bridgehead atoms. The molecule has 0 radical (unpaired) electrons. The van der Waals surface area contributed by atoms with E-state index in [0.717, 1.165) is 6.20 Å². The third-order valence-electron chi connectivity index (χ3n) is 2.07. The molecule has 0 unspecified atom stereocenters. The van der Waals surface area contributed by atoms with Crippen LogP contribution in [0.1, 0.15) is 13.3 Å². The minimum atomic E-state index is -4.54. The van der Waals surface area contributed by atoms with E-state index in [2.05, 4.69) is 9.97 Å². The van der Waals surface area contributed by atoms with Gasteiger partial charge in [0.1, 0.15) is 13.1 Å². The van der Waals surface area contributed by atoms with Gasteiger partial charge in [0.25, 0.3) is 0 Å². The second-order valence-corrected chi connectivity index (χ2v) is 3.93. The third kappa shape index (κ3) is 5.72. The fourth-order valence-electron chi connectivity index (χ4n) is 1.36. The van der Waals surface area contributed by atoms with Crippen LogP contribution in [0, 0.1) is 0 Å². The fraction of sp³-hybridized carbons (Fsp3) is 0.545. The van der Waals surface area contributed by atoms with Crippen LogP contribution in [0.3, 0.4) is 0 Å². The molecule has 0 aromatic carbocycles. The van der Waals surface area contributed by atoms with E-state index >= 15 is 0 Å². The van der Waals surface area contributed by atoms with Gasteiger partial charge in [0.2, 0.25) is 5.88 Å². The molecule has 0 saturated heterocycles. The molecule has 1 aromatic heterocycles. The van der Waals surface area contributed by atoms with E-state index < -0.39 is 25.2 Å². The van der Waals surface area contributed by atoms with Crippen LogP contribution < -0.4 is 9.64 Å². The Balaban J connectivity index is 2.91. The van der Waals surface area contributed by atoms with Gasteiger partial charge in [-0.25, -0.2) is 0 Å². The van der Waals surface area contributed by atoms with E-state index in [4.69, 9.17) is 9.84 Å². The summed E-state index contributed by atoms with van der Waals surface area (Å²) in [5.74, 6) is -1.53. The van der Waals surface area contributed by atoms with E-state index in [1.165, 1.54) is 6.20 Å². The minimum Gasteiger partial charge on any atom is -0.480 e. The molecule has 0 aliphatic carbocycles. The second kappa shape index (κ2) is 6.92. The molecule has 1 aromatic rings. The summed E-state index contributed by atoms with van der Waals surface area (Å²) in [5.41, 5.74) is 0. The highest BCUT2D eigenvalue weighted by atomic mass is 19.4. The van der Waals surface area contributed by atoms with E-state index in [1.54, 1.807) is 0 Å². The van der Waals surface area contributed by atoms with Crippen LogP contribution in [-0.4, -0.2) is 46.9 Å². The van der Waals surface area contributed by atoms with Crippen LogP contribution in [-0.2, 0) is 4.79 Å². The largest absolute Gasteiger partial charge is 0.480 e. The average Bonchev–Trinajstić information content (AvgIpc) is 2.33. The van der Waals surface area contributed by atoms with Gasteiger partial charge < -0.3 is 14.7 Å². The van der Waals surface area contributed by atoms with Crippen molar-refractivity contribution in [1.29, 1.82) is 0 Å². The highest BCUT2D eigenvalue weighted by Crippen LogP contribution is 2.21. The zero-order chi connectivity index (χ0) is 15.2. The number of carbonyl (C=O) groups is 1. The molecule has 112 valence electrons. The molecule has 1 N–H and O–H groups in total. The van der Waals surface area contributed by atoms with Gasteiger partial charge in [-0.3, -0.25) is 9.78 Å². The molecule has 1 heterocycles. The molecule has 0 spiro atoms. The Morgan fingerprint density at radius 2 is 2.15 bits per heavy atom. The summed E-state index contributed by atoms with van der Waals surface area (Å²) in [5, 5.41) is 8.66. The molecule has 1 rings (SSSR count). The van der Waals surface area contributed by atoms with Gasteiger partial charge in [-0.05, 0) is 6.42 Å². The number of rotatable bonds is 7. The Morgan fingerprint density at radius 1 is 1.45 bits per heavy atom. The Hall–Kier alpha value is -2.06. The number of aromatic nitrogens is 2. The minimum absolute atomic E-state index is 0.0573. The second-order valence-electron chi connectivity index (χ2n) is 3.93. The van der Waals surface area contributed by atoms with Gasteiger partial charge in [-0.1, -0.05) is 6.92 Å². The number of hydrogen-bond donors (Lipinski definition) is 1. The molecular weight excluding hydrogens is 279 g/mol. The summed E-state index contributed by atoms with van der Waals surface area (Å²) >= 11 is 0. The Bertz CT molecular complexity index is 454. The first-order valence-corrected chi connectivity index (χ1v) is 5.80. The number of nitrogens with zero attached hydrogens (tertiary/aromatic N) is 3. The maximum Gasteiger partial charge on any atom is 0.405 e. The fourth-order valence-corrected chi connectivity index (χ4v) is 1.36. The highest BCUT2D eigenvalue weighted by Gasteiger charge is 2.32. The smallest absolute Gasteiger partial charge is 0.405 e. The summed E-state index contributed by atoms with van der Waals surface area (Å²) in [6, 6.07) is 0. The highest BCUT2D eigenvalue weighted by molar-refractivity contribution is 5.73. The molecule has 6 nitrogen and oxygen atoms in total. The predicted molar refractivity (Wildman–Crippen MR) is 63.7 cm³/mol. The number of carboxylic acids is 1. The van der Waals surface area contributed by atoms with Gasteiger partial charge in [0.15, 0.2) is 5.82 Å². The van der Waals surface area contributed by atoms with Crippen LogP contribution in [0.15, 0.2) is 12.4 Å². The number of carboxylic acid groups (broad SMARTS) is 1. The molecule has 0 saturated carbocycles. The van der Waals surface area contributed by atoms with Crippen LogP contribution in [0.5, 0.6) is 5.88 Å². The van der Waals surface area contributed by atoms with Gasteiger partial charge in [0, 0.05) is 0 Å². The zero-order valence-electron chi connectivity index (χ0n) is 10.7. The van der Waals surface area contributed by atoms with Crippen molar-refractivity contribution in [1.82, 2.24) is 9.97 Å². The molecule has 0 atom stereocenters. The lowest BCUT2D eigenvalue weighted by Crippen LogP contribution is -2.38. The van der Waals surface area contributed by atoms with Crippen LogP contribution in [0.2, 0.25) is 0 Å². The standard InChI is InChI=1S/C11H14F3N3O3/c1-2-3-20-9-5-15-4-8(16-9)17(6-10(18)19)7-11(12,13)14/h4-5H,2-3,6-7H2,1H3,(H,18,19). The van der Waals surface area contributed by atoms with E-state index in [9.17, 15) is 18.0 Å². The number of halogens is 3. The van der Waals surface area contributed by atoms with Gasteiger partial charge in [-0.15, -0.1) is 0 Å². The average molecular weight is 293 g/mol. The van der Waals surface area contributed by atoms with Gasteiger partial charge >= 0.3 is 12.1 Å². The van der Waals surface area contributed by atoms with Crippen molar-refractivity contribution in [2.24, 2.45) is 0 Å². The van der Waals surface area contributed by atoms with Crippen molar-refractivity contribution in [3.63, 3.8) is 0 Å². The molecule has 9 heteroatoms. The van der Waals surface area contributed by atoms with Crippen molar-refractivity contribution < 1.29 is 27.8 Å². The number of anilines is 1. The lowest BCUT2D eigenvalue weighted by atomic mass is 10.4. The topological polar surface area (TPSA) is 75.5 Å². The summed E-state index contributed by atoms with van der Waals surface area (Å²) < 4.78 is 42.4. The van der Waals surface area contributed by atoms with Crippen LogP contribution >= 0.6 is 0 Å². The maximum atomic E-state index is 12.4. The number of hydrogen-bond acceptors (Lipinski definition) is 5. The SMILES string of the molecule is CCCOc1cncc(N(CC(=O)O)CC(F)(F)F)n1. The molecule has 20 heavy (non-hydrogen) atoms. The van der Waals surface area contributed by atoms with Crippen molar-refractivity contribution in [3.8, 4) is 5.88 Å². The Labute approximate surface area is 113 Å². The summed E-state index contributed by atoms with van der Waals surface area (Å²) in [6.07, 6.45) is -1.52. The van der Waals surface area contributed by atoms with E-state index in [1.807, 2.05) is 6.92 Å². The predicted octanol–water partition coefficient (Wildman–Crippen LogP) is 1.72. The quantitative estimate of drug-likeness (QED) is 0.825. The lowest BCUT2D eigenvalue weighted by molar-refractivity contribution is -0.136. The lowest BCUT2D eigenvalue weighted by Gasteiger charge is -2.22. The van der Waals surface area contributed by atoms with Crippen LogP contribution in [0.4, 0.5) is 19.0 Å². The Kier molecular flexibility index (Phi) is 5.53. The number of alkyl halides is 3. The zero-order valence-corrected chi connectivity index (χ0v) is 10.7. The van der Waals surface area contributed by atoms with Crippen molar-refractivity contribution in [3.05, 3.63) is 12.4 Å². The number of aliphatic carboxylic acids is 1. The number of ether oxygens (including phenoxy) is 1. The summed E-state index contributed by atoms with van der Waals surface area (Å²) in [7, 11) is 0. The summed E-state index contributed by atoms with van der Waals surface area (Å²) in [4.78, 5) is 18.7. The third-order valence-corrected chi connectivity index (χ3v) is 2.07. The summed E-state index contributed by atoms with van der Waals surface area (Å²) in [6.45, 7) is -0.0510. The van der Waals surface area contributed by atoms with Crippen molar-refractivity contribution in [2.75, 3.05) is 24.6 Å². The van der Waals surface area contributed by atoms with Crippen molar-refractivity contribution >= 4 is 11.8 Å². The molecular formula is C11H14F3N3O3. The van der Waals surface area contributed by atoms with Crippen molar-refractivity contribution in [2.45, 2.75) is 19.5 Å². The molecule has 0 aliphatic heterocycles. The maximum absolute atomic E-state index is 12.4. The monoisotopic (exact) mass is 293 g/mol. The van der Waals surface area contributed by atoms with E-state index in [0.29, 0.717) is 17.9 Å². The first-order chi connectivity index (χ1) is 9.31. The van der Waals surface area contributed by atoms with Gasteiger partial charge in [0.05, 0.1) is 19.0 Å². The van der Waals surface area contributed by atoms with Crippen LogP contribution in [0.25, 0.3) is 0 Å². The molecule has 0 aliphatic rings. The molecule has 0 fully saturated rings. The molecule has 0 amide bonds. The normalized spacial score (nSPS) is 11.2. The first-order valence-electron chi connectivity index (χ1n) is 5.80. The van der Waals surface area contributed by atoms with Gasteiger partial charge in [-0.2, -0.15) is 18.2 Å². The Morgan fingerprint density at radius 3 is 2.70 bits per heavy atom. The first kappa shape index (κ1) is 16.0. The van der Waals surface area contributed by atoms with E-state index in [-0.39, 0.29) is 11.7 Å².